The molecule has 2 aliphatic rings. The van der Waals surface area contributed by atoms with Crippen molar-refractivity contribution in [1.82, 2.24) is 24.4 Å². The van der Waals surface area contributed by atoms with Crippen LogP contribution >= 0.6 is 0 Å². The number of aryl methyl sites for hydroxylation is 1. The number of piperazine rings is 1. The van der Waals surface area contributed by atoms with Crippen LogP contribution in [0.1, 0.15) is 52.7 Å². The molecule has 11 heteroatoms. The molecule has 2 N–H and O–H groups in total. The highest BCUT2D eigenvalue weighted by Crippen LogP contribution is 2.33. The van der Waals surface area contributed by atoms with Gasteiger partial charge in [0.1, 0.15) is 17.3 Å². The normalized spacial score (nSPS) is 21.4. The van der Waals surface area contributed by atoms with Gasteiger partial charge in [-0.25, -0.2) is 20.6 Å². The third-order valence-corrected chi connectivity index (χ3v) is 7.32. The van der Waals surface area contributed by atoms with Gasteiger partial charge in [0.25, 0.3) is 5.91 Å². The van der Waals surface area contributed by atoms with Gasteiger partial charge >= 0.3 is 5.69 Å². The Morgan fingerprint density at radius 1 is 1.25 bits per heavy atom. The van der Waals surface area contributed by atoms with Crippen molar-refractivity contribution in [3.63, 3.8) is 0 Å². The highest BCUT2D eigenvalue weighted by molar-refractivity contribution is 5.99. The highest BCUT2D eigenvalue weighted by atomic mass is 16.2. The standard InChI is InChI=1S/C25H34N8O3/c1-6-18-13-31(22-20-19(30(5)25(36)29-22)10-9-17(11-26)28-20)15(4)12-32(18)21(14(2)3)24(35)33(27)23(34)16-7-8-16/h9-10,14-16,18,21H,6-8,12-13,27H2,1-5H3/t15-,18+,21?/m0/s1. The van der Waals surface area contributed by atoms with E-state index in [0.717, 1.165) is 24.3 Å². The molecule has 2 amide bonds. The molecule has 0 bridgehead atoms. The molecule has 2 fully saturated rings. The molecule has 2 aromatic heterocycles. The average molecular weight is 495 g/mol. The second-order valence-corrected chi connectivity index (χ2v) is 10.2. The van der Waals surface area contributed by atoms with Gasteiger partial charge in [0.15, 0.2) is 5.82 Å². The summed E-state index contributed by atoms with van der Waals surface area (Å²) in [5.41, 5.74) is 0.931. The fourth-order valence-corrected chi connectivity index (χ4v) is 5.12. The number of amides is 2. The fourth-order valence-electron chi connectivity index (χ4n) is 5.12. The molecule has 0 spiro atoms. The molecule has 0 aromatic carbocycles. The maximum atomic E-state index is 13.4. The number of nitrogens with two attached hydrogens (primary N) is 1. The van der Waals surface area contributed by atoms with E-state index in [1.54, 1.807) is 19.2 Å². The molecule has 3 heterocycles. The van der Waals surface area contributed by atoms with Crippen molar-refractivity contribution in [3.8, 4) is 6.07 Å². The van der Waals surface area contributed by atoms with Crippen LogP contribution in [0.4, 0.5) is 5.82 Å². The molecule has 36 heavy (non-hydrogen) atoms. The maximum absolute atomic E-state index is 13.4. The third kappa shape index (κ3) is 4.58. The number of pyridine rings is 1. The molecule has 1 aliphatic carbocycles. The molecular weight excluding hydrogens is 460 g/mol. The maximum Gasteiger partial charge on any atom is 0.349 e. The van der Waals surface area contributed by atoms with Crippen molar-refractivity contribution in [1.29, 1.82) is 5.26 Å². The molecule has 3 atom stereocenters. The van der Waals surface area contributed by atoms with Gasteiger partial charge in [-0.15, -0.1) is 0 Å². The number of hydrazine groups is 1. The van der Waals surface area contributed by atoms with Crippen LogP contribution in [-0.2, 0) is 16.6 Å². The summed E-state index contributed by atoms with van der Waals surface area (Å²) in [7, 11) is 1.63. The topological polar surface area (TPSA) is 141 Å². The molecule has 4 rings (SSSR count). The van der Waals surface area contributed by atoms with E-state index in [9.17, 15) is 19.6 Å². The van der Waals surface area contributed by atoms with E-state index in [1.165, 1.54) is 4.57 Å². The smallest absolute Gasteiger partial charge is 0.349 e. The fraction of sp³-hybridized carbons (Fsp3) is 0.600. The Balaban J connectivity index is 1.69. The lowest BCUT2D eigenvalue weighted by atomic mass is 9.94. The van der Waals surface area contributed by atoms with E-state index in [2.05, 4.69) is 20.9 Å². The number of fused-ring (bicyclic) bond motifs is 1. The monoisotopic (exact) mass is 494 g/mol. The van der Waals surface area contributed by atoms with Crippen molar-refractivity contribution in [3.05, 3.63) is 28.3 Å². The summed E-state index contributed by atoms with van der Waals surface area (Å²) in [6, 6.07) is 4.63. The van der Waals surface area contributed by atoms with Crippen LogP contribution in [0.3, 0.4) is 0 Å². The first kappa shape index (κ1) is 25.7. The lowest BCUT2D eigenvalue weighted by molar-refractivity contribution is -0.151. The van der Waals surface area contributed by atoms with Gasteiger partial charge in [0, 0.05) is 38.1 Å². The van der Waals surface area contributed by atoms with Crippen molar-refractivity contribution < 1.29 is 9.59 Å². The Hall–Kier alpha value is -3.36. The van der Waals surface area contributed by atoms with Crippen LogP contribution in [-0.4, -0.2) is 67.5 Å². The molecule has 1 saturated heterocycles. The minimum atomic E-state index is -0.552. The van der Waals surface area contributed by atoms with E-state index in [1.807, 2.05) is 32.6 Å². The summed E-state index contributed by atoms with van der Waals surface area (Å²) in [5.74, 6) is 5.57. The quantitative estimate of drug-likeness (QED) is 0.355. The number of carbonyl (C=O) groups is 2. The Bertz CT molecular complexity index is 1280. The van der Waals surface area contributed by atoms with Gasteiger partial charge in [-0.3, -0.25) is 19.1 Å². The summed E-state index contributed by atoms with van der Waals surface area (Å²) in [6.45, 7) is 8.99. The van der Waals surface area contributed by atoms with E-state index in [-0.39, 0.29) is 41.4 Å². The van der Waals surface area contributed by atoms with Crippen molar-refractivity contribution in [2.45, 2.75) is 65.1 Å². The molecule has 1 aliphatic heterocycles. The summed E-state index contributed by atoms with van der Waals surface area (Å²) in [5, 5.41) is 10.2. The number of hydrogen-bond acceptors (Lipinski definition) is 9. The summed E-state index contributed by atoms with van der Waals surface area (Å²) >= 11 is 0. The van der Waals surface area contributed by atoms with Gasteiger partial charge in [-0.2, -0.15) is 10.2 Å². The first-order valence-electron chi connectivity index (χ1n) is 12.5. The molecule has 1 unspecified atom stereocenters. The predicted molar refractivity (Wildman–Crippen MR) is 134 cm³/mol. The van der Waals surface area contributed by atoms with E-state index in [0.29, 0.717) is 29.9 Å². The number of anilines is 1. The molecule has 192 valence electrons. The highest BCUT2D eigenvalue weighted by Gasteiger charge is 2.44. The van der Waals surface area contributed by atoms with Gasteiger partial charge in [-0.05, 0) is 44.2 Å². The minimum absolute atomic E-state index is 0.0537. The largest absolute Gasteiger partial charge is 0.349 e. The number of imide groups is 1. The van der Waals surface area contributed by atoms with Crippen LogP contribution in [0.5, 0.6) is 0 Å². The van der Waals surface area contributed by atoms with Crippen LogP contribution in [0, 0.1) is 23.2 Å². The number of nitrogens with zero attached hydrogens (tertiary/aromatic N) is 7. The molecular formula is C25H34N8O3. The van der Waals surface area contributed by atoms with E-state index in [4.69, 9.17) is 5.84 Å². The van der Waals surface area contributed by atoms with Crippen LogP contribution < -0.4 is 16.4 Å². The molecule has 0 radical (unpaired) electrons. The summed E-state index contributed by atoms with van der Waals surface area (Å²) < 4.78 is 1.42. The third-order valence-electron chi connectivity index (χ3n) is 7.32. The van der Waals surface area contributed by atoms with Crippen LogP contribution in [0.25, 0.3) is 11.0 Å². The molecule has 1 saturated carbocycles. The van der Waals surface area contributed by atoms with Crippen molar-refractivity contribution in [2.75, 3.05) is 18.0 Å². The lowest BCUT2D eigenvalue weighted by Crippen LogP contribution is -2.65. The zero-order chi connectivity index (χ0) is 26.3. The number of aromatic nitrogens is 3. The second-order valence-electron chi connectivity index (χ2n) is 10.2. The Labute approximate surface area is 210 Å². The zero-order valence-corrected chi connectivity index (χ0v) is 21.5. The number of nitriles is 1. The SMILES string of the molecule is CC[C@@H]1CN(c2nc(=O)n(C)c3ccc(C#N)nc23)[C@@H](C)CN1C(C(=O)N(N)C(=O)C1CC1)C(C)C. The average Bonchev–Trinajstić information content (AvgIpc) is 3.70. The Morgan fingerprint density at radius 3 is 2.53 bits per heavy atom. The molecule has 2 aromatic rings. The Morgan fingerprint density at radius 2 is 1.94 bits per heavy atom. The first-order valence-corrected chi connectivity index (χ1v) is 12.5. The number of hydrogen-bond donors (Lipinski definition) is 1. The van der Waals surface area contributed by atoms with Gasteiger partial charge < -0.3 is 4.90 Å². The van der Waals surface area contributed by atoms with Gasteiger partial charge in [0.2, 0.25) is 5.91 Å². The van der Waals surface area contributed by atoms with Crippen LogP contribution in [0.2, 0.25) is 0 Å². The lowest BCUT2D eigenvalue weighted by Gasteiger charge is -2.49. The zero-order valence-electron chi connectivity index (χ0n) is 21.5. The predicted octanol–water partition coefficient (Wildman–Crippen LogP) is 1.15. The minimum Gasteiger partial charge on any atom is -0.349 e. The summed E-state index contributed by atoms with van der Waals surface area (Å²) in [4.78, 5) is 51.7. The van der Waals surface area contributed by atoms with Gasteiger partial charge in [-0.1, -0.05) is 20.8 Å². The van der Waals surface area contributed by atoms with Gasteiger partial charge in [0.05, 0.1) is 11.6 Å². The Kier molecular flexibility index (Phi) is 7.11. The second kappa shape index (κ2) is 9.95. The van der Waals surface area contributed by atoms with Crippen LogP contribution in [0.15, 0.2) is 16.9 Å². The van der Waals surface area contributed by atoms with Crippen molar-refractivity contribution in [2.24, 2.45) is 24.7 Å². The summed E-state index contributed by atoms with van der Waals surface area (Å²) in [6.07, 6.45) is 2.29. The van der Waals surface area contributed by atoms with E-state index < -0.39 is 11.7 Å². The number of carbonyl (C=O) groups excluding carboxylic acids is 2. The molecule has 11 nitrogen and oxygen atoms in total. The van der Waals surface area contributed by atoms with E-state index >= 15 is 0 Å². The van der Waals surface area contributed by atoms with Crippen molar-refractivity contribution >= 4 is 28.7 Å². The number of rotatable bonds is 6. The first-order chi connectivity index (χ1) is 17.1.